The Kier molecular flexibility index (Phi) is 7.41. The van der Waals surface area contributed by atoms with Crippen molar-refractivity contribution in [2.45, 2.75) is 13.3 Å². The van der Waals surface area contributed by atoms with Gasteiger partial charge in [-0.25, -0.2) is 0 Å². The molecule has 4 rings (SSSR count). The second-order valence-corrected chi connectivity index (χ2v) is 8.11. The molecule has 0 saturated carbocycles. The van der Waals surface area contributed by atoms with E-state index in [9.17, 15) is 4.79 Å². The molecule has 0 aliphatic carbocycles. The fraction of sp³-hybridized carbons (Fsp3) is 0.207. The fourth-order valence-corrected chi connectivity index (χ4v) is 4.08. The van der Waals surface area contributed by atoms with Crippen molar-refractivity contribution >= 4 is 22.4 Å². The van der Waals surface area contributed by atoms with Crippen molar-refractivity contribution < 1.29 is 23.4 Å². The van der Waals surface area contributed by atoms with Crippen molar-refractivity contribution in [3.8, 4) is 28.4 Å². The summed E-state index contributed by atoms with van der Waals surface area (Å²) in [5, 5.41) is 3.90. The van der Waals surface area contributed by atoms with E-state index in [0.717, 1.165) is 44.7 Å². The Bertz CT molecular complexity index is 1350. The minimum atomic E-state index is -0.165. The molecule has 0 aliphatic heterocycles. The molecule has 4 aromatic rings. The second kappa shape index (κ2) is 10.8. The summed E-state index contributed by atoms with van der Waals surface area (Å²) in [6.07, 6.45) is 4.01. The molecule has 0 bridgehead atoms. The van der Waals surface area contributed by atoms with Crippen LogP contribution in [0.3, 0.4) is 0 Å². The van der Waals surface area contributed by atoms with Crippen molar-refractivity contribution in [3.63, 3.8) is 0 Å². The maximum Gasteiger partial charge on any atom is 0.244 e. The molecule has 0 fully saturated rings. The van der Waals surface area contributed by atoms with Gasteiger partial charge in [-0.05, 0) is 54.3 Å². The van der Waals surface area contributed by atoms with Crippen LogP contribution in [-0.4, -0.2) is 33.8 Å². The van der Waals surface area contributed by atoms with Gasteiger partial charge < -0.3 is 23.9 Å². The van der Waals surface area contributed by atoms with E-state index in [0.29, 0.717) is 24.3 Å². The number of hydrogen-bond donors (Lipinski definition) is 1. The molecule has 0 unspecified atom stereocenters. The lowest BCUT2D eigenvalue weighted by molar-refractivity contribution is -0.116. The number of fused-ring (bicyclic) bond motifs is 1. The largest absolute Gasteiger partial charge is 0.497 e. The van der Waals surface area contributed by atoms with E-state index in [2.05, 4.69) is 5.32 Å². The van der Waals surface area contributed by atoms with E-state index in [1.165, 1.54) is 0 Å². The van der Waals surface area contributed by atoms with Gasteiger partial charge in [-0.15, -0.1) is 0 Å². The third kappa shape index (κ3) is 5.32. The molecule has 0 saturated heterocycles. The number of ether oxygens (including phenoxy) is 3. The smallest absolute Gasteiger partial charge is 0.244 e. The Hall–Kier alpha value is -4.19. The number of methoxy groups -OCH3 is 3. The van der Waals surface area contributed by atoms with Gasteiger partial charge in [0.1, 0.15) is 22.8 Å². The number of amides is 1. The van der Waals surface area contributed by atoms with Gasteiger partial charge in [0.2, 0.25) is 5.91 Å². The topological polar surface area (TPSA) is 69.9 Å². The molecule has 0 radical (unpaired) electrons. The average Bonchev–Trinajstić information content (AvgIpc) is 3.31. The van der Waals surface area contributed by atoms with Gasteiger partial charge in [0.25, 0.3) is 0 Å². The van der Waals surface area contributed by atoms with Crippen LogP contribution >= 0.6 is 0 Å². The Morgan fingerprint density at radius 1 is 0.943 bits per heavy atom. The van der Waals surface area contributed by atoms with E-state index in [-0.39, 0.29) is 5.91 Å². The Labute approximate surface area is 205 Å². The molecule has 6 heteroatoms. The summed E-state index contributed by atoms with van der Waals surface area (Å²) in [6.45, 7) is 2.40. The molecule has 1 heterocycles. The molecule has 1 aromatic heterocycles. The fourth-order valence-electron chi connectivity index (χ4n) is 4.08. The predicted octanol–water partition coefficient (Wildman–Crippen LogP) is 5.89. The number of benzene rings is 3. The first-order valence-electron chi connectivity index (χ1n) is 11.4. The SMILES string of the molecule is COc1ccc(-c2coc3cc(OC)c(/C(C)=C/C(=O)NCCc4ccccc4OC)cc23)cc1. The second-order valence-electron chi connectivity index (χ2n) is 8.11. The third-order valence-corrected chi connectivity index (χ3v) is 5.96. The molecule has 35 heavy (non-hydrogen) atoms. The van der Waals surface area contributed by atoms with E-state index < -0.39 is 0 Å². The summed E-state index contributed by atoms with van der Waals surface area (Å²) in [4.78, 5) is 12.6. The van der Waals surface area contributed by atoms with Gasteiger partial charge in [-0.2, -0.15) is 0 Å². The molecule has 3 aromatic carbocycles. The van der Waals surface area contributed by atoms with Gasteiger partial charge in [0, 0.05) is 35.2 Å². The first kappa shape index (κ1) is 24.0. The van der Waals surface area contributed by atoms with Crippen LogP contribution in [0.4, 0.5) is 0 Å². The van der Waals surface area contributed by atoms with E-state index in [1.807, 2.05) is 67.6 Å². The standard InChI is InChI=1S/C29H29NO5/c1-19(15-29(31)30-14-13-21-7-5-6-8-26(21)33-3)23-16-24-25(18-35-28(24)17-27(23)34-4)20-9-11-22(32-2)12-10-20/h5-12,15-18H,13-14H2,1-4H3,(H,30,31)/b19-15+. The third-order valence-electron chi connectivity index (χ3n) is 5.96. The van der Waals surface area contributed by atoms with Gasteiger partial charge in [-0.1, -0.05) is 30.3 Å². The number of rotatable bonds is 9. The number of furan rings is 1. The summed E-state index contributed by atoms with van der Waals surface area (Å²) in [7, 11) is 4.90. The molecule has 0 atom stereocenters. The van der Waals surface area contributed by atoms with Crippen LogP contribution in [0.15, 0.2) is 77.4 Å². The van der Waals surface area contributed by atoms with E-state index >= 15 is 0 Å². The molecule has 1 N–H and O–H groups in total. The monoisotopic (exact) mass is 471 g/mol. The van der Waals surface area contributed by atoms with Crippen molar-refractivity contribution in [2.75, 3.05) is 27.9 Å². The molecule has 0 aliphatic rings. The average molecular weight is 472 g/mol. The maximum atomic E-state index is 12.6. The minimum absolute atomic E-state index is 0.165. The maximum absolute atomic E-state index is 12.6. The van der Waals surface area contributed by atoms with Crippen LogP contribution in [0.25, 0.3) is 27.7 Å². The normalized spacial score (nSPS) is 11.4. The zero-order valence-corrected chi connectivity index (χ0v) is 20.4. The zero-order chi connectivity index (χ0) is 24.8. The van der Waals surface area contributed by atoms with Gasteiger partial charge in [-0.3, -0.25) is 4.79 Å². The predicted molar refractivity (Wildman–Crippen MR) is 138 cm³/mol. The van der Waals surface area contributed by atoms with Crippen molar-refractivity contribution in [1.29, 1.82) is 0 Å². The molecule has 6 nitrogen and oxygen atoms in total. The van der Waals surface area contributed by atoms with Crippen LogP contribution in [0.5, 0.6) is 17.2 Å². The van der Waals surface area contributed by atoms with Gasteiger partial charge in [0.05, 0.1) is 27.6 Å². The lowest BCUT2D eigenvalue weighted by Gasteiger charge is -2.11. The number of allylic oxidation sites excluding steroid dienone is 1. The molecular formula is C29H29NO5. The first-order valence-corrected chi connectivity index (χ1v) is 11.4. The Balaban J connectivity index is 1.55. The first-order chi connectivity index (χ1) is 17.0. The van der Waals surface area contributed by atoms with Gasteiger partial charge in [0.15, 0.2) is 0 Å². The highest BCUT2D eigenvalue weighted by atomic mass is 16.5. The van der Waals surface area contributed by atoms with E-state index in [4.69, 9.17) is 18.6 Å². The van der Waals surface area contributed by atoms with Crippen molar-refractivity contribution in [2.24, 2.45) is 0 Å². The Morgan fingerprint density at radius 3 is 2.40 bits per heavy atom. The van der Waals surface area contributed by atoms with Gasteiger partial charge >= 0.3 is 0 Å². The lowest BCUT2D eigenvalue weighted by atomic mass is 9.99. The summed E-state index contributed by atoms with van der Waals surface area (Å²) < 4.78 is 22.1. The van der Waals surface area contributed by atoms with Crippen molar-refractivity contribution in [3.05, 3.63) is 84.1 Å². The van der Waals surface area contributed by atoms with Crippen molar-refractivity contribution in [1.82, 2.24) is 5.32 Å². The van der Waals surface area contributed by atoms with Crippen LogP contribution in [-0.2, 0) is 11.2 Å². The Morgan fingerprint density at radius 2 is 1.69 bits per heavy atom. The van der Waals surface area contributed by atoms with Crippen LogP contribution in [0.2, 0.25) is 0 Å². The highest BCUT2D eigenvalue weighted by molar-refractivity contribution is 6.00. The number of para-hydroxylation sites is 1. The zero-order valence-electron chi connectivity index (χ0n) is 20.4. The highest BCUT2D eigenvalue weighted by Crippen LogP contribution is 2.37. The number of carbonyl (C=O) groups excluding carboxylic acids is 1. The number of carbonyl (C=O) groups is 1. The molecule has 180 valence electrons. The highest BCUT2D eigenvalue weighted by Gasteiger charge is 2.15. The molecule has 0 spiro atoms. The number of hydrogen-bond acceptors (Lipinski definition) is 5. The summed E-state index contributed by atoms with van der Waals surface area (Å²) in [6, 6.07) is 19.5. The molecular weight excluding hydrogens is 442 g/mol. The van der Waals surface area contributed by atoms with Crippen LogP contribution in [0, 0.1) is 0 Å². The van der Waals surface area contributed by atoms with Crippen LogP contribution in [0.1, 0.15) is 18.1 Å². The summed E-state index contributed by atoms with van der Waals surface area (Å²) >= 11 is 0. The summed E-state index contributed by atoms with van der Waals surface area (Å²) in [5.74, 6) is 2.09. The lowest BCUT2D eigenvalue weighted by Crippen LogP contribution is -2.24. The minimum Gasteiger partial charge on any atom is -0.497 e. The van der Waals surface area contributed by atoms with E-state index in [1.54, 1.807) is 33.7 Å². The number of nitrogens with one attached hydrogen (secondary N) is 1. The summed E-state index contributed by atoms with van der Waals surface area (Å²) in [5.41, 5.74) is 5.35. The van der Waals surface area contributed by atoms with Crippen LogP contribution < -0.4 is 19.5 Å². The molecule has 1 amide bonds. The quantitative estimate of drug-likeness (QED) is 0.308.